The van der Waals surface area contributed by atoms with E-state index in [1.54, 1.807) is 10.8 Å². The third kappa shape index (κ3) is 2.79. The van der Waals surface area contributed by atoms with E-state index in [9.17, 15) is 4.79 Å². The lowest BCUT2D eigenvalue weighted by atomic mass is 10.4. The fourth-order valence-electron chi connectivity index (χ4n) is 1.33. The second-order valence-electron chi connectivity index (χ2n) is 3.64. The standard InChI is InChI=1S/C10H17N3O2/c1-4-11-5-8-6-13(7(2)3)9(12-8)10(14)15/h6-7,11H,4-5H2,1-3H3,(H,14,15). The normalized spacial score (nSPS) is 10.9. The van der Waals surface area contributed by atoms with Crippen molar-refractivity contribution in [2.45, 2.75) is 33.4 Å². The monoisotopic (exact) mass is 211 g/mol. The van der Waals surface area contributed by atoms with Crippen LogP contribution in [-0.2, 0) is 6.54 Å². The molecule has 84 valence electrons. The average molecular weight is 211 g/mol. The van der Waals surface area contributed by atoms with Crippen molar-refractivity contribution in [2.24, 2.45) is 0 Å². The number of aromatic nitrogens is 2. The summed E-state index contributed by atoms with van der Waals surface area (Å²) in [5.41, 5.74) is 0.767. The third-order valence-electron chi connectivity index (χ3n) is 2.09. The fourth-order valence-corrected chi connectivity index (χ4v) is 1.33. The van der Waals surface area contributed by atoms with Crippen LogP contribution in [0, 0.1) is 0 Å². The minimum atomic E-state index is -0.980. The van der Waals surface area contributed by atoms with Crippen molar-refractivity contribution in [1.29, 1.82) is 0 Å². The van der Waals surface area contributed by atoms with Crippen LogP contribution in [0.25, 0.3) is 0 Å². The molecular formula is C10H17N3O2. The summed E-state index contributed by atoms with van der Waals surface area (Å²) in [6.07, 6.45) is 1.79. The van der Waals surface area contributed by atoms with Crippen LogP contribution in [0.5, 0.6) is 0 Å². The van der Waals surface area contributed by atoms with Gasteiger partial charge in [-0.25, -0.2) is 9.78 Å². The van der Waals surface area contributed by atoms with Crippen molar-refractivity contribution in [3.8, 4) is 0 Å². The molecule has 0 bridgehead atoms. The van der Waals surface area contributed by atoms with Gasteiger partial charge in [-0.05, 0) is 20.4 Å². The van der Waals surface area contributed by atoms with Gasteiger partial charge in [0.25, 0.3) is 0 Å². The van der Waals surface area contributed by atoms with E-state index in [2.05, 4.69) is 10.3 Å². The Hall–Kier alpha value is -1.36. The summed E-state index contributed by atoms with van der Waals surface area (Å²) in [7, 11) is 0. The molecule has 0 atom stereocenters. The van der Waals surface area contributed by atoms with E-state index in [1.807, 2.05) is 20.8 Å². The van der Waals surface area contributed by atoms with E-state index in [-0.39, 0.29) is 11.9 Å². The first-order chi connectivity index (χ1) is 7.06. The Labute approximate surface area is 89.1 Å². The fraction of sp³-hybridized carbons (Fsp3) is 0.600. The van der Waals surface area contributed by atoms with E-state index in [1.165, 1.54) is 0 Å². The number of hydrogen-bond donors (Lipinski definition) is 2. The van der Waals surface area contributed by atoms with E-state index in [4.69, 9.17) is 5.11 Å². The quantitative estimate of drug-likeness (QED) is 0.769. The van der Waals surface area contributed by atoms with Crippen molar-refractivity contribution in [3.63, 3.8) is 0 Å². The van der Waals surface area contributed by atoms with Gasteiger partial charge in [-0.15, -0.1) is 0 Å². The number of nitrogens with zero attached hydrogens (tertiary/aromatic N) is 2. The maximum atomic E-state index is 10.9. The maximum Gasteiger partial charge on any atom is 0.372 e. The van der Waals surface area contributed by atoms with E-state index < -0.39 is 5.97 Å². The number of carboxylic acids is 1. The summed E-state index contributed by atoms with van der Waals surface area (Å²) in [5, 5.41) is 12.1. The highest BCUT2D eigenvalue weighted by Crippen LogP contribution is 2.11. The molecule has 0 aromatic carbocycles. The third-order valence-corrected chi connectivity index (χ3v) is 2.09. The zero-order chi connectivity index (χ0) is 11.4. The van der Waals surface area contributed by atoms with Crippen molar-refractivity contribution < 1.29 is 9.90 Å². The summed E-state index contributed by atoms with van der Waals surface area (Å²) in [4.78, 5) is 15.0. The number of rotatable bonds is 5. The Morgan fingerprint density at radius 1 is 1.67 bits per heavy atom. The molecule has 0 amide bonds. The zero-order valence-corrected chi connectivity index (χ0v) is 9.32. The first kappa shape index (κ1) is 11.7. The van der Waals surface area contributed by atoms with Crippen LogP contribution < -0.4 is 5.32 Å². The summed E-state index contributed by atoms with van der Waals surface area (Å²) < 4.78 is 1.68. The van der Waals surface area contributed by atoms with Crippen LogP contribution in [0.4, 0.5) is 0 Å². The highest BCUT2D eigenvalue weighted by atomic mass is 16.4. The second kappa shape index (κ2) is 4.93. The number of carbonyl (C=O) groups is 1. The molecule has 0 unspecified atom stereocenters. The molecule has 0 aliphatic carbocycles. The first-order valence-corrected chi connectivity index (χ1v) is 5.08. The lowest BCUT2D eigenvalue weighted by molar-refractivity contribution is 0.0676. The van der Waals surface area contributed by atoms with Gasteiger partial charge in [-0.3, -0.25) is 0 Å². The zero-order valence-electron chi connectivity index (χ0n) is 9.32. The summed E-state index contributed by atoms with van der Waals surface area (Å²) in [5.74, 6) is -0.871. The van der Waals surface area contributed by atoms with Crippen LogP contribution in [-0.4, -0.2) is 27.2 Å². The minimum Gasteiger partial charge on any atom is -0.475 e. The molecule has 1 rings (SSSR count). The van der Waals surface area contributed by atoms with Crippen LogP contribution >= 0.6 is 0 Å². The van der Waals surface area contributed by atoms with Crippen LogP contribution in [0.3, 0.4) is 0 Å². The molecule has 0 aliphatic heterocycles. The predicted octanol–water partition coefficient (Wildman–Crippen LogP) is 1.27. The molecule has 1 aromatic heterocycles. The van der Waals surface area contributed by atoms with E-state index >= 15 is 0 Å². The van der Waals surface area contributed by atoms with E-state index in [0.717, 1.165) is 12.2 Å². The SMILES string of the molecule is CCNCc1cn(C(C)C)c(C(=O)O)n1. The number of nitrogens with one attached hydrogen (secondary N) is 1. The van der Waals surface area contributed by atoms with Gasteiger partial charge in [0.2, 0.25) is 5.82 Å². The number of carboxylic acid groups (broad SMARTS) is 1. The summed E-state index contributed by atoms with van der Waals surface area (Å²) >= 11 is 0. The summed E-state index contributed by atoms with van der Waals surface area (Å²) in [6, 6.07) is 0.110. The van der Waals surface area contributed by atoms with Gasteiger partial charge in [0.15, 0.2) is 0 Å². The Morgan fingerprint density at radius 2 is 2.33 bits per heavy atom. The number of aromatic carboxylic acids is 1. The Balaban J connectivity index is 2.93. The molecule has 0 radical (unpaired) electrons. The molecule has 0 aliphatic rings. The molecule has 0 fully saturated rings. The van der Waals surface area contributed by atoms with Gasteiger partial charge in [0.1, 0.15) is 0 Å². The predicted molar refractivity (Wildman–Crippen MR) is 57.0 cm³/mol. The molecule has 0 spiro atoms. The Kier molecular flexibility index (Phi) is 3.85. The van der Waals surface area contributed by atoms with Gasteiger partial charge >= 0.3 is 5.97 Å². The Bertz CT molecular complexity index is 344. The minimum absolute atomic E-state index is 0.109. The molecule has 5 heteroatoms. The van der Waals surface area contributed by atoms with Crippen molar-refractivity contribution >= 4 is 5.97 Å². The van der Waals surface area contributed by atoms with E-state index in [0.29, 0.717) is 6.54 Å². The van der Waals surface area contributed by atoms with Gasteiger partial charge in [0, 0.05) is 18.8 Å². The van der Waals surface area contributed by atoms with Crippen molar-refractivity contribution in [1.82, 2.24) is 14.9 Å². The first-order valence-electron chi connectivity index (χ1n) is 5.08. The molecule has 15 heavy (non-hydrogen) atoms. The van der Waals surface area contributed by atoms with Crippen LogP contribution in [0.1, 0.15) is 43.1 Å². The van der Waals surface area contributed by atoms with Crippen molar-refractivity contribution in [2.75, 3.05) is 6.54 Å². The van der Waals surface area contributed by atoms with Crippen LogP contribution in [0.2, 0.25) is 0 Å². The lowest BCUT2D eigenvalue weighted by Crippen LogP contribution is -2.12. The van der Waals surface area contributed by atoms with Crippen molar-refractivity contribution in [3.05, 3.63) is 17.7 Å². The van der Waals surface area contributed by atoms with Gasteiger partial charge < -0.3 is 15.0 Å². The van der Waals surface area contributed by atoms with Gasteiger partial charge in [-0.1, -0.05) is 6.92 Å². The smallest absolute Gasteiger partial charge is 0.372 e. The molecule has 5 nitrogen and oxygen atoms in total. The second-order valence-corrected chi connectivity index (χ2v) is 3.64. The molecule has 1 heterocycles. The molecule has 2 N–H and O–H groups in total. The van der Waals surface area contributed by atoms with Crippen LogP contribution in [0.15, 0.2) is 6.20 Å². The maximum absolute atomic E-state index is 10.9. The molecule has 0 saturated carbocycles. The molecular weight excluding hydrogens is 194 g/mol. The highest BCUT2D eigenvalue weighted by molar-refractivity contribution is 5.83. The molecule has 0 saturated heterocycles. The lowest BCUT2D eigenvalue weighted by Gasteiger charge is -2.07. The average Bonchev–Trinajstić information content (AvgIpc) is 2.58. The summed E-state index contributed by atoms with van der Waals surface area (Å²) in [6.45, 7) is 7.32. The number of imidazole rings is 1. The number of hydrogen-bond acceptors (Lipinski definition) is 3. The Morgan fingerprint density at radius 3 is 2.73 bits per heavy atom. The topological polar surface area (TPSA) is 67.2 Å². The largest absolute Gasteiger partial charge is 0.475 e. The van der Waals surface area contributed by atoms with Gasteiger partial charge in [-0.2, -0.15) is 0 Å². The highest BCUT2D eigenvalue weighted by Gasteiger charge is 2.15. The molecule has 1 aromatic rings. The van der Waals surface area contributed by atoms with Gasteiger partial charge in [0.05, 0.1) is 5.69 Å².